The number of rotatable bonds is 1. The normalized spacial score (nSPS) is 14.0. The molecule has 6 nitrogen and oxygen atoms in total. The quantitative estimate of drug-likeness (QED) is 0.741. The molecule has 0 radical (unpaired) electrons. The zero-order valence-corrected chi connectivity index (χ0v) is 12.9. The summed E-state index contributed by atoms with van der Waals surface area (Å²) in [5.74, 6) is -0.141. The highest BCUT2D eigenvalue weighted by molar-refractivity contribution is 6.33. The van der Waals surface area contributed by atoms with Gasteiger partial charge in [-0.3, -0.25) is 14.7 Å². The van der Waals surface area contributed by atoms with Gasteiger partial charge in [0.05, 0.1) is 22.8 Å². The summed E-state index contributed by atoms with van der Waals surface area (Å²) in [6.07, 6.45) is 2.15. The summed E-state index contributed by atoms with van der Waals surface area (Å²) >= 11 is 6.11. The minimum absolute atomic E-state index is 0.0974. The number of aromatic nitrogens is 3. The lowest BCUT2D eigenvalue weighted by Crippen LogP contribution is -2.39. The highest BCUT2D eigenvalue weighted by atomic mass is 35.5. The summed E-state index contributed by atoms with van der Waals surface area (Å²) in [6, 6.07) is 8.70. The summed E-state index contributed by atoms with van der Waals surface area (Å²) in [5.41, 5.74) is 2.24. The third-order valence-electron chi connectivity index (χ3n) is 4.09. The molecule has 0 atom stereocenters. The van der Waals surface area contributed by atoms with Crippen LogP contribution >= 0.6 is 11.6 Å². The van der Waals surface area contributed by atoms with E-state index < -0.39 is 0 Å². The Bertz CT molecular complexity index is 976. The standard InChI is InChI=1S/C16H13ClN4O2/c17-12-4-2-1-3-10(12)15(22)20-8-6-11-13(9-20)19-14-5-7-18-21(14)16(11)23/h1-5,7,18H,6,8-9H2. The first-order valence-corrected chi connectivity index (χ1v) is 7.64. The number of hydrogen-bond acceptors (Lipinski definition) is 3. The number of fused-ring (bicyclic) bond motifs is 2. The van der Waals surface area contributed by atoms with Crippen molar-refractivity contribution in [1.29, 1.82) is 0 Å². The molecule has 7 heteroatoms. The van der Waals surface area contributed by atoms with E-state index in [2.05, 4.69) is 10.1 Å². The lowest BCUT2D eigenvalue weighted by molar-refractivity contribution is 0.0731. The number of nitrogens with one attached hydrogen (secondary N) is 1. The molecule has 3 heterocycles. The Hall–Kier alpha value is -2.60. The summed E-state index contributed by atoms with van der Waals surface area (Å²) in [4.78, 5) is 31.2. The molecular formula is C16H13ClN4O2. The van der Waals surface area contributed by atoms with Crippen LogP contribution in [0.4, 0.5) is 0 Å². The summed E-state index contributed by atoms with van der Waals surface area (Å²) in [5, 5.41) is 3.28. The fraction of sp³-hybridized carbons (Fsp3) is 0.188. The molecule has 4 rings (SSSR count). The number of carbonyl (C=O) groups is 1. The van der Waals surface area contributed by atoms with E-state index in [0.717, 1.165) is 0 Å². The number of aromatic amines is 1. The monoisotopic (exact) mass is 328 g/mol. The Morgan fingerprint density at radius 3 is 2.91 bits per heavy atom. The van der Waals surface area contributed by atoms with Crippen molar-refractivity contribution in [2.75, 3.05) is 6.54 Å². The maximum absolute atomic E-state index is 12.7. The average molecular weight is 329 g/mol. The second kappa shape index (κ2) is 5.24. The molecule has 116 valence electrons. The molecule has 1 aromatic carbocycles. The molecule has 1 amide bonds. The zero-order chi connectivity index (χ0) is 16.0. The fourth-order valence-electron chi connectivity index (χ4n) is 2.91. The predicted molar refractivity (Wildman–Crippen MR) is 85.7 cm³/mol. The highest BCUT2D eigenvalue weighted by Gasteiger charge is 2.26. The number of nitrogens with zero attached hydrogens (tertiary/aromatic N) is 3. The van der Waals surface area contributed by atoms with Crippen molar-refractivity contribution in [3.63, 3.8) is 0 Å². The van der Waals surface area contributed by atoms with Crippen LogP contribution in [0.5, 0.6) is 0 Å². The summed E-state index contributed by atoms with van der Waals surface area (Å²) < 4.78 is 1.42. The SMILES string of the molecule is O=C(c1ccccc1Cl)N1CCc2c(nc3cc[nH]n3c2=O)C1. The van der Waals surface area contributed by atoms with E-state index >= 15 is 0 Å². The van der Waals surface area contributed by atoms with Crippen LogP contribution in [0.25, 0.3) is 5.65 Å². The van der Waals surface area contributed by atoms with Gasteiger partial charge in [0.15, 0.2) is 5.65 Å². The minimum Gasteiger partial charge on any atom is -0.332 e. The molecule has 1 aliphatic rings. The predicted octanol–water partition coefficient (Wildman–Crippen LogP) is 1.87. The Morgan fingerprint density at radius 2 is 2.09 bits per heavy atom. The number of halogens is 1. The third kappa shape index (κ3) is 2.22. The third-order valence-corrected chi connectivity index (χ3v) is 4.42. The van der Waals surface area contributed by atoms with E-state index in [1.54, 1.807) is 41.4 Å². The van der Waals surface area contributed by atoms with Gasteiger partial charge in [-0.2, -0.15) is 0 Å². The largest absolute Gasteiger partial charge is 0.332 e. The number of hydrogen-bond donors (Lipinski definition) is 1. The molecule has 0 bridgehead atoms. The Labute approximate surface area is 136 Å². The van der Waals surface area contributed by atoms with E-state index in [0.29, 0.717) is 47.0 Å². The lowest BCUT2D eigenvalue weighted by Gasteiger charge is -2.28. The average Bonchev–Trinajstić information content (AvgIpc) is 3.03. The van der Waals surface area contributed by atoms with Gasteiger partial charge in [0.2, 0.25) is 0 Å². The fourth-order valence-corrected chi connectivity index (χ4v) is 3.12. The van der Waals surface area contributed by atoms with Crippen LogP contribution in [0.3, 0.4) is 0 Å². The molecule has 2 aromatic heterocycles. The molecule has 0 aliphatic carbocycles. The lowest BCUT2D eigenvalue weighted by atomic mass is 10.1. The number of amides is 1. The van der Waals surface area contributed by atoms with Crippen LogP contribution in [-0.4, -0.2) is 31.9 Å². The molecule has 3 aromatic rings. The first kappa shape index (κ1) is 14.0. The molecule has 0 fully saturated rings. The van der Waals surface area contributed by atoms with Gasteiger partial charge in [-0.05, 0) is 18.6 Å². The Kier molecular flexibility index (Phi) is 3.20. The second-order valence-electron chi connectivity index (χ2n) is 5.45. The first-order valence-electron chi connectivity index (χ1n) is 7.27. The number of carbonyl (C=O) groups excluding carboxylic acids is 1. The van der Waals surface area contributed by atoms with E-state index in [4.69, 9.17) is 11.6 Å². The smallest absolute Gasteiger partial charge is 0.276 e. The van der Waals surface area contributed by atoms with Crippen LogP contribution in [0, 0.1) is 0 Å². The van der Waals surface area contributed by atoms with Gasteiger partial charge >= 0.3 is 0 Å². The summed E-state index contributed by atoms with van der Waals surface area (Å²) in [6.45, 7) is 0.789. The van der Waals surface area contributed by atoms with Gasteiger partial charge in [0.1, 0.15) is 0 Å². The van der Waals surface area contributed by atoms with E-state index in [9.17, 15) is 9.59 Å². The number of benzene rings is 1. The number of H-pyrrole nitrogens is 1. The molecule has 23 heavy (non-hydrogen) atoms. The molecule has 0 saturated carbocycles. The summed E-state index contributed by atoms with van der Waals surface area (Å²) in [7, 11) is 0. The van der Waals surface area contributed by atoms with Crippen LogP contribution in [0.1, 0.15) is 21.6 Å². The van der Waals surface area contributed by atoms with E-state index in [-0.39, 0.29) is 11.5 Å². The van der Waals surface area contributed by atoms with Crippen LogP contribution in [-0.2, 0) is 13.0 Å². The molecule has 0 spiro atoms. The van der Waals surface area contributed by atoms with Crippen LogP contribution < -0.4 is 5.56 Å². The highest BCUT2D eigenvalue weighted by Crippen LogP contribution is 2.21. The van der Waals surface area contributed by atoms with Gasteiger partial charge < -0.3 is 4.90 Å². The van der Waals surface area contributed by atoms with Crippen molar-refractivity contribution < 1.29 is 4.79 Å². The second-order valence-corrected chi connectivity index (χ2v) is 5.86. The minimum atomic E-state index is -0.141. The van der Waals surface area contributed by atoms with Crippen molar-refractivity contribution in [2.24, 2.45) is 0 Å². The van der Waals surface area contributed by atoms with Crippen molar-refractivity contribution in [3.8, 4) is 0 Å². The first-order chi connectivity index (χ1) is 11.1. The topological polar surface area (TPSA) is 70.5 Å². The van der Waals surface area contributed by atoms with Crippen molar-refractivity contribution >= 4 is 23.2 Å². The zero-order valence-electron chi connectivity index (χ0n) is 12.1. The molecule has 0 unspecified atom stereocenters. The van der Waals surface area contributed by atoms with Gasteiger partial charge in [-0.15, -0.1) is 0 Å². The Morgan fingerprint density at radius 1 is 1.26 bits per heavy atom. The molecule has 0 saturated heterocycles. The van der Waals surface area contributed by atoms with Crippen LogP contribution in [0.2, 0.25) is 5.02 Å². The molecule has 1 N–H and O–H groups in total. The van der Waals surface area contributed by atoms with Crippen molar-refractivity contribution in [1.82, 2.24) is 19.5 Å². The molecule has 1 aliphatic heterocycles. The van der Waals surface area contributed by atoms with E-state index in [1.807, 2.05) is 0 Å². The van der Waals surface area contributed by atoms with Gasteiger partial charge in [0, 0.05) is 24.4 Å². The molecular weight excluding hydrogens is 316 g/mol. The van der Waals surface area contributed by atoms with E-state index in [1.165, 1.54) is 4.52 Å². The van der Waals surface area contributed by atoms with Gasteiger partial charge in [0.25, 0.3) is 11.5 Å². The van der Waals surface area contributed by atoms with Crippen LogP contribution in [0.15, 0.2) is 41.3 Å². The van der Waals surface area contributed by atoms with Gasteiger partial charge in [-0.1, -0.05) is 23.7 Å². The van der Waals surface area contributed by atoms with Gasteiger partial charge in [-0.25, -0.2) is 9.50 Å². The maximum atomic E-state index is 12.7. The van der Waals surface area contributed by atoms with Crippen molar-refractivity contribution in [2.45, 2.75) is 13.0 Å². The van der Waals surface area contributed by atoms with Crippen molar-refractivity contribution in [3.05, 3.63) is 68.7 Å². The Balaban J connectivity index is 1.71. The maximum Gasteiger partial charge on any atom is 0.276 e.